The van der Waals surface area contributed by atoms with Gasteiger partial charge in [-0.3, -0.25) is 5.10 Å². The summed E-state index contributed by atoms with van der Waals surface area (Å²) in [5.41, 5.74) is 2.45. The van der Waals surface area contributed by atoms with Crippen LogP contribution in [0.15, 0.2) is 24.7 Å². The molecule has 172 valence electrons. The van der Waals surface area contributed by atoms with Crippen molar-refractivity contribution >= 4 is 21.6 Å². The summed E-state index contributed by atoms with van der Waals surface area (Å²) in [6.07, 6.45) is 9.80. The maximum atomic E-state index is 11.7. The maximum Gasteiger partial charge on any atom is 0.243 e. The molecule has 0 saturated carbocycles. The van der Waals surface area contributed by atoms with Crippen molar-refractivity contribution < 1.29 is 17.9 Å². The molecule has 0 spiro atoms. The second-order valence-electron chi connectivity index (χ2n) is 8.26. The summed E-state index contributed by atoms with van der Waals surface area (Å²) in [7, 11) is -3.15. The number of aromatic amines is 1. The van der Waals surface area contributed by atoms with Gasteiger partial charge < -0.3 is 14.8 Å². The van der Waals surface area contributed by atoms with Gasteiger partial charge in [-0.1, -0.05) is 0 Å². The Morgan fingerprint density at radius 3 is 2.69 bits per heavy atom. The van der Waals surface area contributed by atoms with E-state index in [1.54, 1.807) is 10.7 Å². The van der Waals surface area contributed by atoms with Gasteiger partial charge in [0.15, 0.2) is 11.4 Å². The number of piperidine rings is 1. The lowest BCUT2D eigenvalue weighted by molar-refractivity contribution is 0.0262. The van der Waals surface area contributed by atoms with Gasteiger partial charge in [0.05, 0.1) is 25.7 Å². The molecule has 0 aliphatic carbocycles. The molecule has 3 aromatic rings. The summed E-state index contributed by atoms with van der Waals surface area (Å²) < 4.78 is 38.6. The summed E-state index contributed by atoms with van der Waals surface area (Å²) in [6, 6.07) is 2.06. The Hall–Kier alpha value is -2.70. The quantitative estimate of drug-likeness (QED) is 0.566. The third-order valence-corrected chi connectivity index (χ3v) is 7.28. The van der Waals surface area contributed by atoms with Crippen LogP contribution in [0.4, 0.5) is 5.95 Å². The fourth-order valence-electron chi connectivity index (χ4n) is 4.20. The van der Waals surface area contributed by atoms with Crippen LogP contribution in [0.1, 0.15) is 25.7 Å². The summed E-state index contributed by atoms with van der Waals surface area (Å²) in [5.74, 6) is 1.18. The number of ether oxygens (including phenoxy) is 2. The van der Waals surface area contributed by atoms with E-state index >= 15 is 0 Å². The Balaban J connectivity index is 1.41. The molecular formula is C20H27N7O4S. The minimum atomic E-state index is -3.15. The number of hydrogen-bond donors (Lipinski definition) is 2. The predicted octanol–water partition coefficient (Wildman–Crippen LogP) is 1.51. The summed E-state index contributed by atoms with van der Waals surface area (Å²) in [6.45, 7) is 2.35. The smallest absolute Gasteiger partial charge is 0.243 e. The third kappa shape index (κ3) is 4.43. The van der Waals surface area contributed by atoms with Crippen LogP contribution in [-0.4, -0.2) is 82.2 Å². The molecule has 0 amide bonds. The Morgan fingerprint density at radius 2 is 2.00 bits per heavy atom. The van der Waals surface area contributed by atoms with Crippen molar-refractivity contribution in [3.63, 3.8) is 0 Å². The van der Waals surface area contributed by atoms with Crippen molar-refractivity contribution in [2.75, 3.05) is 37.9 Å². The zero-order chi connectivity index (χ0) is 22.1. The molecule has 5 rings (SSSR count). The fourth-order valence-corrected chi connectivity index (χ4v) is 5.08. The number of pyridine rings is 1. The summed E-state index contributed by atoms with van der Waals surface area (Å²) in [4.78, 5) is 4.73. The van der Waals surface area contributed by atoms with Crippen LogP contribution < -0.4 is 10.1 Å². The van der Waals surface area contributed by atoms with Crippen molar-refractivity contribution in [2.45, 2.75) is 37.8 Å². The van der Waals surface area contributed by atoms with Crippen LogP contribution in [0.3, 0.4) is 0 Å². The first-order chi connectivity index (χ1) is 15.5. The third-order valence-electron chi connectivity index (χ3n) is 5.98. The van der Waals surface area contributed by atoms with Crippen LogP contribution >= 0.6 is 0 Å². The lowest BCUT2D eigenvalue weighted by atomic mass is 10.1. The van der Waals surface area contributed by atoms with Crippen LogP contribution in [0.5, 0.6) is 5.75 Å². The van der Waals surface area contributed by atoms with Crippen LogP contribution in [0.2, 0.25) is 0 Å². The standard InChI is InChI=1S/C20H27N7O4S/c1-32(28,29)26-7-2-15(3-8-26)23-20-24-19-18(31-16-5-10-30-11-6-16)17(4-9-27(19)25-20)14-12-21-22-13-14/h4,9,12-13,15-16H,2-3,5-8,10-11H2,1H3,(H,21,22)(H,23,25). The molecule has 12 heteroatoms. The van der Waals surface area contributed by atoms with Crippen LogP contribution in [-0.2, 0) is 14.8 Å². The van der Waals surface area contributed by atoms with Crippen LogP contribution in [0, 0.1) is 0 Å². The molecule has 2 N–H and O–H groups in total. The molecule has 0 atom stereocenters. The highest BCUT2D eigenvalue weighted by Crippen LogP contribution is 2.35. The predicted molar refractivity (Wildman–Crippen MR) is 118 cm³/mol. The van der Waals surface area contributed by atoms with Gasteiger partial charge >= 0.3 is 0 Å². The Labute approximate surface area is 186 Å². The molecule has 11 nitrogen and oxygen atoms in total. The van der Waals surface area contributed by atoms with E-state index in [-0.39, 0.29) is 12.1 Å². The van der Waals surface area contributed by atoms with E-state index in [2.05, 4.69) is 20.6 Å². The lowest BCUT2D eigenvalue weighted by Gasteiger charge is -2.30. The van der Waals surface area contributed by atoms with Gasteiger partial charge in [-0.2, -0.15) is 10.1 Å². The molecule has 2 fully saturated rings. The number of rotatable bonds is 6. The number of fused-ring (bicyclic) bond motifs is 1. The molecule has 2 saturated heterocycles. The van der Waals surface area contributed by atoms with Gasteiger partial charge in [-0.05, 0) is 18.9 Å². The van der Waals surface area contributed by atoms with E-state index in [0.29, 0.717) is 56.5 Å². The maximum absolute atomic E-state index is 11.7. The van der Waals surface area contributed by atoms with E-state index in [4.69, 9.17) is 14.5 Å². The number of anilines is 1. The highest BCUT2D eigenvalue weighted by Gasteiger charge is 2.26. The fraction of sp³-hybridized carbons (Fsp3) is 0.550. The molecule has 2 aliphatic rings. The van der Waals surface area contributed by atoms with E-state index in [9.17, 15) is 8.42 Å². The van der Waals surface area contributed by atoms with E-state index in [1.165, 1.54) is 10.6 Å². The summed E-state index contributed by atoms with van der Waals surface area (Å²) in [5, 5.41) is 14.9. The average molecular weight is 462 g/mol. The van der Waals surface area contributed by atoms with Gasteiger partial charge in [0, 0.05) is 55.5 Å². The molecule has 2 aliphatic heterocycles. The van der Waals surface area contributed by atoms with Gasteiger partial charge in [0.25, 0.3) is 0 Å². The molecular weight excluding hydrogens is 434 g/mol. The molecule has 0 radical (unpaired) electrons. The van der Waals surface area contributed by atoms with Gasteiger partial charge in [0.2, 0.25) is 16.0 Å². The summed E-state index contributed by atoms with van der Waals surface area (Å²) >= 11 is 0. The molecule has 32 heavy (non-hydrogen) atoms. The highest BCUT2D eigenvalue weighted by atomic mass is 32.2. The first-order valence-corrected chi connectivity index (χ1v) is 12.7. The van der Waals surface area contributed by atoms with Crippen molar-refractivity contribution in [3.8, 4) is 16.9 Å². The largest absolute Gasteiger partial charge is 0.486 e. The number of hydrogen-bond acceptors (Lipinski definition) is 8. The van der Waals surface area contributed by atoms with Gasteiger partial charge in [0.1, 0.15) is 6.10 Å². The molecule has 0 bridgehead atoms. The number of H-pyrrole nitrogens is 1. The first-order valence-electron chi connectivity index (χ1n) is 10.8. The highest BCUT2D eigenvalue weighted by molar-refractivity contribution is 7.88. The van der Waals surface area contributed by atoms with Gasteiger partial charge in [-0.25, -0.2) is 17.2 Å². The van der Waals surface area contributed by atoms with Crippen molar-refractivity contribution in [2.24, 2.45) is 0 Å². The van der Waals surface area contributed by atoms with Crippen LogP contribution in [0.25, 0.3) is 16.8 Å². The van der Waals surface area contributed by atoms with Crippen molar-refractivity contribution in [1.29, 1.82) is 0 Å². The van der Waals surface area contributed by atoms with Gasteiger partial charge in [-0.15, -0.1) is 5.10 Å². The number of aromatic nitrogens is 5. The molecule has 5 heterocycles. The van der Waals surface area contributed by atoms with Crippen molar-refractivity contribution in [1.82, 2.24) is 29.1 Å². The second-order valence-corrected chi connectivity index (χ2v) is 10.2. The second kappa shape index (κ2) is 8.68. The Kier molecular flexibility index (Phi) is 5.74. The van der Waals surface area contributed by atoms with E-state index in [0.717, 1.165) is 24.0 Å². The monoisotopic (exact) mass is 461 g/mol. The topological polar surface area (TPSA) is 127 Å². The van der Waals surface area contributed by atoms with Crippen molar-refractivity contribution in [3.05, 3.63) is 24.7 Å². The normalized spacial score (nSPS) is 19.4. The first kappa shape index (κ1) is 21.2. The zero-order valence-electron chi connectivity index (χ0n) is 17.9. The Morgan fingerprint density at radius 1 is 1.22 bits per heavy atom. The number of nitrogens with zero attached hydrogens (tertiary/aromatic N) is 5. The SMILES string of the molecule is CS(=O)(=O)N1CCC(Nc2nc3c(OC4CCOCC4)c(-c4cn[nH]c4)ccn3n2)CC1. The minimum absolute atomic E-state index is 0.0500. The number of sulfonamides is 1. The molecule has 0 unspecified atom stereocenters. The minimum Gasteiger partial charge on any atom is -0.486 e. The Bertz CT molecular complexity index is 1160. The average Bonchev–Trinajstić information content (AvgIpc) is 3.44. The molecule has 0 aromatic carbocycles. The number of nitrogens with one attached hydrogen (secondary N) is 2. The van der Waals surface area contributed by atoms with E-state index in [1.807, 2.05) is 18.5 Å². The zero-order valence-corrected chi connectivity index (χ0v) is 18.7. The molecule has 3 aromatic heterocycles. The lowest BCUT2D eigenvalue weighted by Crippen LogP contribution is -2.41. The van der Waals surface area contributed by atoms with E-state index < -0.39 is 10.0 Å².